The van der Waals surface area contributed by atoms with Gasteiger partial charge in [0, 0.05) is 13.0 Å². The Balaban J connectivity index is 2.15. The van der Waals surface area contributed by atoms with Crippen LogP contribution in [0.3, 0.4) is 0 Å². The van der Waals surface area contributed by atoms with E-state index in [1.807, 2.05) is 7.05 Å². The summed E-state index contributed by atoms with van der Waals surface area (Å²) in [4.78, 5) is 12.5. The van der Waals surface area contributed by atoms with Gasteiger partial charge < -0.3 is 14.7 Å². The van der Waals surface area contributed by atoms with Crippen molar-refractivity contribution in [2.75, 3.05) is 20.1 Å². The maximum atomic E-state index is 10.4. The second kappa shape index (κ2) is 5.64. The van der Waals surface area contributed by atoms with Crippen LogP contribution in [-0.2, 0) is 9.53 Å². The predicted octanol–water partition coefficient (Wildman–Crippen LogP) is 1.74. The zero-order valence-electron chi connectivity index (χ0n) is 10.5. The van der Waals surface area contributed by atoms with Crippen molar-refractivity contribution in [3.63, 3.8) is 0 Å². The van der Waals surface area contributed by atoms with E-state index >= 15 is 0 Å². The van der Waals surface area contributed by atoms with Crippen LogP contribution in [0.5, 0.6) is 0 Å². The molecule has 0 radical (unpaired) electrons. The Morgan fingerprint density at radius 2 is 2.25 bits per heavy atom. The standard InChI is InChI=1S/C12H23NO3/c1-12(2)7-6-10(16-12)9-13(3)8-4-5-11(14)15/h10H,4-9H2,1-3H3,(H,14,15). The van der Waals surface area contributed by atoms with Crippen LogP contribution >= 0.6 is 0 Å². The summed E-state index contributed by atoms with van der Waals surface area (Å²) < 4.78 is 5.89. The molecule has 94 valence electrons. The maximum Gasteiger partial charge on any atom is 0.303 e. The average Bonchev–Trinajstić information content (AvgIpc) is 2.44. The largest absolute Gasteiger partial charge is 0.481 e. The number of hydrogen-bond donors (Lipinski definition) is 1. The zero-order chi connectivity index (χ0) is 12.2. The second-order valence-electron chi connectivity index (χ2n) is 5.30. The summed E-state index contributed by atoms with van der Waals surface area (Å²) in [6.07, 6.45) is 3.49. The van der Waals surface area contributed by atoms with Crippen molar-refractivity contribution in [1.29, 1.82) is 0 Å². The Hall–Kier alpha value is -0.610. The van der Waals surface area contributed by atoms with Crippen molar-refractivity contribution < 1.29 is 14.6 Å². The predicted molar refractivity (Wildman–Crippen MR) is 62.6 cm³/mol. The summed E-state index contributed by atoms with van der Waals surface area (Å²) in [5.74, 6) is -0.716. The third-order valence-electron chi connectivity index (χ3n) is 3.00. The molecule has 1 aliphatic heterocycles. The Bertz CT molecular complexity index is 240. The molecule has 0 spiro atoms. The van der Waals surface area contributed by atoms with Crippen molar-refractivity contribution in [3.05, 3.63) is 0 Å². The van der Waals surface area contributed by atoms with Crippen LogP contribution in [0.25, 0.3) is 0 Å². The van der Waals surface area contributed by atoms with Gasteiger partial charge in [-0.25, -0.2) is 0 Å². The Morgan fingerprint density at radius 3 is 2.75 bits per heavy atom. The molecule has 4 nitrogen and oxygen atoms in total. The number of carboxylic acids is 1. The summed E-state index contributed by atoms with van der Waals surface area (Å²) in [6, 6.07) is 0. The van der Waals surface area contributed by atoms with E-state index in [1.165, 1.54) is 0 Å². The molecule has 0 aromatic heterocycles. The molecular weight excluding hydrogens is 206 g/mol. The molecule has 1 rings (SSSR count). The van der Waals surface area contributed by atoms with E-state index in [2.05, 4.69) is 18.7 Å². The molecule has 1 aliphatic rings. The molecule has 1 atom stereocenters. The minimum absolute atomic E-state index is 0.0204. The highest BCUT2D eigenvalue weighted by Gasteiger charge is 2.31. The molecule has 1 fully saturated rings. The molecule has 0 amide bonds. The van der Waals surface area contributed by atoms with Gasteiger partial charge in [0.15, 0.2) is 0 Å². The van der Waals surface area contributed by atoms with Gasteiger partial charge in [0.2, 0.25) is 0 Å². The first-order valence-corrected chi connectivity index (χ1v) is 5.97. The van der Waals surface area contributed by atoms with Crippen LogP contribution < -0.4 is 0 Å². The van der Waals surface area contributed by atoms with Gasteiger partial charge in [0.25, 0.3) is 0 Å². The monoisotopic (exact) mass is 229 g/mol. The van der Waals surface area contributed by atoms with Gasteiger partial charge in [0.1, 0.15) is 0 Å². The van der Waals surface area contributed by atoms with E-state index in [-0.39, 0.29) is 12.0 Å². The van der Waals surface area contributed by atoms with Crippen LogP contribution in [0.15, 0.2) is 0 Å². The summed E-state index contributed by atoms with van der Waals surface area (Å²) in [5, 5.41) is 8.54. The van der Waals surface area contributed by atoms with E-state index in [0.29, 0.717) is 12.5 Å². The normalized spacial score (nSPS) is 23.9. The molecule has 0 aromatic carbocycles. The average molecular weight is 229 g/mol. The molecule has 1 unspecified atom stereocenters. The van der Waals surface area contributed by atoms with Crippen molar-refractivity contribution >= 4 is 5.97 Å². The van der Waals surface area contributed by atoms with E-state index in [1.54, 1.807) is 0 Å². The van der Waals surface area contributed by atoms with Crippen molar-refractivity contribution in [3.8, 4) is 0 Å². The fraction of sp³-hybridized carbons (Fsp3) is 0.917. The van der Waals surface area contributed by atoms with Crippen LogP contribution in [0.2, 0.25) is 0 Å². The van der Waals surface area contributed by atoms with E-state index < -0.39 is 5.97 Å². The molecule has 0 aromatic rings. The topological polar surface area (TPSA) is 49.8 Å². The van der Waals surface area contributed by atoms with Gasteiger partial charge in [-0.1, -0.05) is 0 Å². The molecule has 1 heterocycles. The Kier molecular flexibility index (Phi) is 4.74. The van der Waals surface area contributed by atoms with Gasteiger partial charge in [-0.05, 0) is 46.7 Å². The number of carbonyl (C=O) groups is 1. The Morgan fingerprint density at radius 1 is 1.56 bits per heavy atom. The van der Waals surface area contributed by atoms with Crippen LogP contribution in [-0.4, -0.2) is 47.8 Å². The molecule has 0 saturated carbocycles. The first-order chi connectivity index (χ1) is 7.39. The molecule has 16 heavy (non-hydrogen) atoms. The van der Waals surface area contributed by atoms with Crippen molar-refractivity contribution in [2.24, 2.45) is 0 Å². The summed E-state index contributed by atoms with van der Waals surface area (Å²) >= 11 is 0. The number of hydrogen-bond acceptors (Lipinski definition) is 3. The van der Waals surface area contributed by atoms with E-state index in [0.717, 1.165) is 25.9 Å². The first kappa shape index (κ1) is 13.5. The lowest BCUT2D eigenvalue weighted by Crippen LogP contribution is -2.31. The van der Waals surface area contributed by atoms with Gasteiger partial charge in [-0.3, -0.25) is 4.79 Å². The summed E-state index contributed by atoms with van der Waals surface area (Å²) in [7, 11) is 2.02. The highest BCUT2D eigenvalue weighted by molar-refractivity contribution is 5.66. The lowest BCUT2D eigenvalue weighted by Gasteiger charge is -2.23. The highest BCUT2D eigenvalue weighted by Crippen LogP contribution is 2.29. The first-order valence-electron chi connectivity index (χ1n) is 5.97. The molecule has 4 heteroatoms. The molecule has 1 N–H and O–H groups in total. The second-order valence-corrected chi connectivity index (χ2v) is 5.30. The molecule has 0 aliphatic carbocycles. The van der Waals surface area contributed by atoms with Gasteiger partial charge in [0.05, 0.1) is 11.7 Å². The van der Waals surface area contributed by atoms with E-state index in [9.17, 15) is 4.79 Å². The zero-order valence-corrected chi connectivity index (χ0v) is 10.5. The van der Waals surface area contributed by atoms with Crippen molar-refractivity contribution in [1.82, 2.24) is 4.90 Å². The van der Waals surface area contributed by atoms with Crippen LogP contribution in [0, 0.1) is 0 Å². The van der Waals surface area contributed by atoms with Gasteiger partial charge >= 0.3 is 5.97 Å². The lowest BCUT2D eigenvalue weighted by molar-refractivity contribution is -0.137. The highest BCUT2D eigenvalue weighted by atomic mass is 16.5. The molecule has 0 bridgehead atoms. The van der Waals surface area contributed by atoms with Gasteiger partial charge in [-0.2, -0.15) is 0 Å². The minimum atomic E-state index is -0.716. The minimum Gasteiger partial charge on any atom is -0.481 e. The smallest absolute Gasteiger partial charge is 0.303 e. The van der Waals surface area contributed by atoms with E-state index in [4.69, 9.17) is 9.84 Å². The number of carboxylic acid groups (broad SMARTS) is 1. The number of rotatable bonds is 6. The maximum absolute atomic E-state index is 10.4. The summed E-state index contributed by atoms with van der Waals surface area (Å²) in [6.45, 7) is 5.98. The number of aliphatic carboxylic acids is 1. The van der Waals surface area contributed by atoms with Gasteiger partial charge in [-0.15, -0.1) is 0 Å². The van der Waals surface area contributed by atoms with Crippen LogP contribution in [0.4, 0.5) is 0 Å². The quantitative estimate of drug-likeness (QED) is 0.753. The lowest BCUT2D eigenvalue weighted by atomic mass is 10.1. The van der Waals surface area contributed by atoms with Crippen molar-refractivity contribution in [2.45, 2.75) is 51.2 Å². The third kappa shape index (κ3) is 4.94. The Labute approximate surface area is 97.6 Å². The SMILES string of the molecule is CN(CCCC(=O)O)CC1CCC(C)(C)O1. The molecule has 1 saturated heterocycles. The third-order valence-corrected chi connectivity index (χ3v) is 3.00. The number of nitrogens with zero attached hydrogens (tertiary/aromatic N) is 1. The molecular formula is C12H23NO3. The van der Waals surface area contributed by atoms with Crippen LogP contribution in [0.1, 0.15) is 39.5 Å². The summed E-state index contributed by atoms with van der Waals surface area (Å²) in [5.41, 5.74) is 0.0204. The fourth-order valence-electron chi connectivity index (χ4n) is 2.15. The number of ether oxygens (including phenoxy) is 1. The number of likely N-dealkylation sites (N-methyl/N-ethyl adjacent to an activating group) is 1. The fourth-order valence-corrected chi connectivity index (χ4v) is 2.15.